The van der Waals surface area contributed by atoms with Crippen molar-refractivity contribution < 1.29 is 9.53 Å². The molecule has 0 fully saturated rings. The van der Waals surface area contributed by atoms with Gasteiger partial charge in [-0.15, -0.1) is 0 Å². The molecule has 1 aromatic carbocycles. The number of carbonyl (C=O) groups excluding carboxylic acids is 1. The molecule has 0 bridgehead atoms. The molecule has 0 saturated heterocycles. The minimum atomic E-state index is -0.370. The van der Waals surface area contributed by atoms with Gasteiger partial charge < -0.3 is 4.74 Å². The van der Waals surface area contributed by atoms with Crippen molar-refractivity contribution in [1.82, 2.24) is 9.55 Å². The fraction of sp³-hybridized carbons (Fsp3) is 0.294. The van der Waals surface area contributed by atoms with Gasteiger partial charge in [0.05, 0.1) is 18.8 Å². The third kappa shape index (κ3) is 3.12. The Labute approximate surface area is 143 Å². The molecule has 0 saturated carbocycles. The second-order valence-corrected chi connectivity index (χ2v) is 7.23. The summed E-state index contributed by atoms with van der Waals surface area (Å²) in [6.07, 6.45) is 4.60. The summed E-state index contributed by atoms with van der Waals surface area (Å²) in [5, 5.41) is 2.57. The van der Waals surface area contributed by atoms with E-state index in [4.69, 9.17) is 16.3 Å². The first-order chi connectivity index (χ1) is 11.0. The number of thiazole rings is 1. The lowest BCUT2D eigenvalue weighted by Crippen LogP contribution is -1.96. The lowest BCUT2D eigenvalue weighted by atomic mass is 10.0. The molecule has 0 aliphatic carbocycles. The van der Waals surface area contributed by atoms with Crippen LogP contribution < -0.4 is 0 Å². The number of esters is 1. The summed E-state index contributed by atoms with van der Waals surface area (Å²) in [5.41, 5.74) is 2.25. The van der Waals surface area contributed by atoms with Crippen molar-refractivity contribution in [2.75, 3.05) is 7.11 Å². The summed E-state index contributed by atoms with van der Waals surface area (Å²) in [4.78, 5) is 16.5. The molecule has 0 N–H and O–H groups in total. The Morgan fingerprint density at radius 2 is 2.22 bits per heavy atom. The molecule has 3 aromatic rings. The van der Waals surface area contributed by atoms with Crippen LogP contribution in [0.3, 0.4) is 0 Å². The van der Waals surface area contributed by atoms with Crippen LogP contribution in [-0.4, -0.2) is 22.6 Å². The fourth-order valence-corrected chi connectivity index (χ4v) is 3.59. The van der Waals surface area contributed by atoms with Crippen molar-refractivity contribution in [3.63, 3.8) is 0 Å². The van der Waals surface area contributed by atoms with Crippen molar-refractivity contribution in [1.29, 1.82) is 0 Å². The average molecular weight is 349 g/mol. The van der Waals surface area contributed by atoms with Gasteiger partial charge in [0.1, 0.15) is 4.88 Å². The van der Waals surface area contributed by atoms with Gasteiger partial charge in [-0.3, -0.25) is 4.57 Å². The Morgan fingerprint density at radius 3 is 2.91 bits per heavy atom. The van der Waals surface area contributed by atoms with Gasteiger partial charge in [0.15, 0.2) is 5.13 Å². The molecule has 0 radical (unpaired) electrons. The molecule has 120 valence electrons. The largest absolute Gasteiger partial charge is 0.465 e. The smallest absolute Gasteiger partial charge is 0.349 e. The van der Waals surface area contributed by atoms with E-state index >= 15 is 0 Å². The molecule has 0 aliphatic heterocycles. The number of methoxy groups -OCH3 is 1. The zero-order chi connectivity index (χ0) is 16.6. The predicted molar refractivity (Wildman–Crippen MR) is 93.8 cm³/mol. The molecule has 0 unspecified atom stereocenters. The zero-order valence-corrected chi connectivity index (χ0v) is 14.7. The quantitative estimate of drug-likeness (QED) is 0.640. The minimum absolute atomic E-state index is 0.370. The lowest BCUT2D eigenvalue weighted by molar-refractivity contribution is 0.0606. The van der Waals surface area contributed by atoms with Crippen LogP contribution in [0.1, 0.15) is 29.1 Å². The number of ether oxygens (including phenoxy) is 1. The van der Waals surface area contributed by atoms with Crippen molar-refractivity contribution in [2.24, 2.45) is 5.92 Å². The van der Waals surface area contributed by atoms with E-state index in [0.29, 0.717) is 15.8 Å². The van der Waals surface area contributed by atoms with E-state index in [9.17, 15) is 4.79 Å². The monoisotopic (exact) mass is 348 g/mol. The maximum absolute atomic E-state index is 11.6. The summed E-state index contributed by atoms with van der Waals surface area (Å²) in [5.74, 6) is 0.178. The maximum Gasteiger partial charge on any atom is 0.349 e. The van der Waals surface area contributed by atoms with Gasteiger partial charge >= 0.3 is 5.97 Å². The van der Waals surface area contributed by atoms with E-state index in [0.717, 1.165) is 22.5 Å². The van der Waals surface area contributed by atoms with Gasteiger partial charge in [-0.2, -0.15) is 0 Å². The molecule has 2 heterocycles. The Kier molecular flexibility index (Phi) is 4.41. The first-order valence-corrected chi connectivity index (χ1v) is 8.53. The van der Waals surface area contributed by atoms with Gasteiger partial charge in [0.25, 0.3) is 0 Å². The second-order valence-electron chi connectivity index (χ2n) is 5.78. The van der Waals surface area contributed by atoms with Gasteiger partial charge in [0, 0.05) is 16.6 Å². The molecule has 0 atom stereocenters. The average Bonchev–Trinajstić information content (AvgIpc) is 3.11. The normalized spacial score (nSPS) is 11.3. The third-order valence-corrected chi connectivity index (χ3v) is 4.78. The van der Waals surface area contributed by atoms with Crippen LogP contribution in [0.15, 0.2) is 30.6 Å². The number of carbonyl (C=O) groups is 1. The van der Waals surface area contributed by atoms with E-state index < -0.39 is 0 Å². The standard InChI is InChI=1S/C17H17ClN2O2S/c1-10(2)6-11-9-20(14-7-12(18)4-5-13(11)14)17-19-8-15(23-17)16(21)22-3/h4-5,7-10H,6H2,1-3H3. The number of aromatic nitrogens is 2. The topological polar surface area (TPSA) is 44.1 Å². The van der Waals surface area contributed by atoms with Gasteiger partial charge in [-0.1, -0.05) is 42.9 Å². The summed E-state index contributed by atoms with van der Waals surface area (Å²) < 4.78 is 6.75. The summed E-state index contributed by atoms with van der Waals surface area (Å²) in [6.45, 7) is 4.38. The van der Waals surface area contributed by atoms with Crippen LogP contribution in [0, 0.1) is 5.92 Å². The Hall–Kier alpha value is -1.85. The number of fused-ring (bicyclic) bond motifs is 1. The number of nitrogens with zero attached hydrogens (tertiary/aromatic N) is 2. The predicted octanol–water partition coefficient (Wildman–Crippen LogP) is 4.73. The van der Waals surface area contributed by atoms with E-state index in [1.165, 1.54) is 24.0 Å². The Morgan fingerprint density at radius 1 is 1.43 bits per heavy atom. The van der Waals surface area contributed by atoms with E-state index in [1.54, 1.807) is 6.20 Å². The maximum atomic E-state index is 11.6. The molecule has 3 rings (SSSR count). The summed E-state index contributed by atoms with van der Waals surface area (Å²) in [6, 6.07) is 5.88. The highest BCUT2D eigenvalue weighted by Gasteiger charge is 2.16. The van der Waals surface area contributed by atoms with Crippen LogP contribution in [-0.2, 0) is 11.2 Å². The van der Waals surface area contributed by atoms with E-state index in [1.807, 2.05) is 22.8 Å². The van der Waals surface area contributed by atoms with Crippen LogP contribution in [0.4, 0.5) is 0 Å². The number of halogens is 1. The van der Waals surface area contributed by atoms with Crippen molar-refractivity contribution in [2.45, 2.75) is 20.3 Å². The van der Waals surface area contributed by atoms with Crippen LogP contribution in [0.2, 0.25) is 5.02 Å². The molecule has 0 spiro atoms. The van der Waals surface area contributed by atoms with Gasteiger partial charge in [-0.05, 0) is 30.0 Å². The highest BCUT2D eigenvalue weighted by molar-refractivity contribution is 7.15. The summed E-state index contributed by atoms with van der Waals surface area (Å²) in [7, 11) is 1.37. The van der Waals surface area contributed by atoms with E-state index in [-0.39, 0.29) is 5.97 Å². The highest BCUT2D eigenvalue weighted by Crippen LogP contribution is 2.30. The lowest BCUT2D eigenvalue weighted by Gasteiger charge is -2.02. The first-order valence-electron chi connectivity index (χ1n) is 7.33. The number of rotatable bonds is 4. The van der Waals surface area contributed by atoms with E-state index in [2.05, 4.69) is 25.0 Å². The molecule has 6 heteroatoms. The van der Waals surface area contributed by atoms with Gasteiger partial charge in [0.2, 0.25) is 0 Å². The molecule has 23 heavy (non-hydrogen) atoms. The number of hydrogen-bond acceptors (Lipinski definition) is 4. The fourth-order valence-electron chi connectivity index (χ4n) is 2.60. The first kappa shape index (κ1) is 16.0. The number of hydrogen-bond donors (Lipinski definition) is 0. The Bertz CT molecular complexity index is 867. The van der Waals surface area contributed by atoms with Gasteiger partial charge in [-0.25, -0.2) is 9.78 Å². The van der Waals surface area contributed by atoms with Crippen LogP contribution in [0.5, 0.6) is 0 Å². The summed E-state index contributed by atoms with van der Waals surface area (Å²) >= 11 is 7.47. The van der Waals surface area contributed by atoms with Crippen molar-refractivity contribution in [3.8, 4) is 5.13 Å². The molecule has 4 nitrogen and oxygen atoms in total. The molecular formula is C17H17ClN2O2S. The number of benzene rings is 1. The highest BCUT2D eigenvalue weighted by atomic mass is 35.5. The zero-order valence-electron chi connectivity index (χ0n) is 13.2. The van der Waals surface area contributed by atoms with Crippen LogP contribution >= 0.6 is 22.9 Å². The third-order valence-electron chi connectivity index (χ3n) is 3.56. The SMILES string of the molecule is COC(=O)c1cnc(-n2cc(CC(C)C)c3ccc(Cl)cc32)s1. The second kappa shape index (κ2) is 6.34. The molecule has 2 aromatic heterocycles. The Balaban J connectivity index is 2.14. The molecular weight excluding hydrogens is 332 g/mol. The van der Waals surface area contributed by atoms with Crippen molar-refractivity contribution in [3.05, 3.63) is 46.1 Å². The molecule has 0 amide bonds. The minimum Gasteiger partial charge on any atom is -0.465 e. The molecule has 0 aliphatic rings. The van der Waals surface area contributed by atoms with Crippen LogP contribution in [0.25, 0.3) is 16.0 Å². The van der Waals surface area contributed by atoms with Crippen molar-refractivity contribution >= 4 is 39.8 Å².